The number of amides is 1. The van der Waals surface area contributed by atoms with Gasteiger partial charge in [0.1, 0.15) is 0 Å². The molecular formula is C29H25NO7. The molecular weight excluding hydrogens is 474 g/mol. The molecule has 0 aromatic heterocycles. The lowest BCUT2D eigenvalue weighted by molar-refractivity contribution is -0.155. The van der Waals surface area contributed by atoms with Crippen LogP contribution >= 0.6 is 0 Å². The van der Waals surface area contributed by atoms with E-state index in [1.807, 2.05) is 25.1 Å². The maximum atomic E-state index is 13.1. The summed E-state index contributed by atoms with van der Waals surface area (Å²) in [7, 11) is 1.49. The first-order chi connectivity index (χ1) is 17.8. The van der Waals surface area contributed by atoms with Crippen LogP contribution in [0.1, 0.15) is 51.3 Å². The molecule has 1 aliphatic rings. The standard InChI is InChI=1S/C29H25NO7/c1-4-8-18-13-14-23(24(15-18)35-3)36-16-25(31)37-17(2)29(34)30-22-12-7-11-21-26(22)28(33)20-10-6-5-9-19(20)27(21)32/h4-15,17H,16H2,1-3H3,(H,30,34)/b8-4+. The third kappa shape index (κ3) is 5.28. The molecule has 1 amide bonds. The number of hydrogen-bond donors (Lipinski definition) is 1. The number of esters is 1. The molecule has 0 saturated heterocycles. The molecule has 0 heterocycles. The van der Waals surface area contributed by atoms with Crippen LogP contribution in [-0.4, -0.2) is 43.3 Å². The summed E-state index contributed by atoms with van der Waals surface area (Å²) in [6.45, 7) is 2.85. The molecule has 1 N–H and O–H groups in total. The Morgan fingerprint density at radius 2 is 1.62 bits per heavy atom. The third-order valence-corrected chi connectivity index (χ3v) is 5.78. The lowest BCUT2D eigenvalue weighted by Gasteiger charge is -2.21. The van der Waals surface area contributed by atoms with E-state index in [-0.39, 0.29) is 33.9 Å². The Hall–Kier alpha value is -4.72. The van der Waals surface area contributed by atoms with Gasteiger partial charge in [0.2, 0.25) is 0 Å². The smallest absolute Gasteiger partial charge is 0.344 e. The second kappa shape index (κ2) is 10.9. The number of hydrogen-bond acceptors (Lipinski definition) is 7. The molecule has 0 bridgehead atoms. The van der Waals surface area contributed by atoms with Gasteiger partial charge in [0.15, 0.2) is 35.8 Å². The normalized spacial score (nSPS) is 12.9. The van der Waals surface area contributed by atoms with Crippen LogP contribution in [-0.2, 0) is 14.3 Å². The maximum absolute atomic E-state index is 13.1. The molecule has 1 aliphatic carbocycles. The van der Waals surface area contributed by atoms with Gasteiger partial charge in [-0.1, -0.05) is 54.6 Å². The SMILES string of the molecule is C/C=C/c1ccc(OCC(=O)OC(C)C(=O)Nc2cccc3c2C(=O)c2ccccc2C3=O)c(OC)c1. The average molecular weight is 500 g/mol. The van der Waals surface area contributed by atoms with Crippen molar-refractivity contribution in [3.05, 3.63) is 94.6 Å². The summed E-state index contributed by atoms with van der Waals surface area (Å²) in [4.78, 5) is 51.1. The number of benzene rings is 3. The van der Waals surface area contributed by atoms with Crippen molar-refractivity contribution >= 4 is 35.2 Å². The Balaban J connectivity index is 1.41. The minimum absolute atomic E-state index is 0.106. The number of anilines is 1. The van der Waals surface area contributed by atoms with E-state index in [4.69, 9.17) is 14.2 Å². The third-order valence-electron chi connectivity index (χ3n) is 5.78. The number of carbonyl (C=O) groups is 4. The summed E-state index contributed by atoms with van der Waals surface area (Å²) >= 11 is 0. The highest BCUT2D eigenvalue weighted by Crippen LogP contribution is 2.32. The molecule has 188 valence electrons. The summed E-state index contributed by atoms with van der Waals surface area (Å²) < 4.78 is 16.0. The Bertz CT molecular complexity index is 1420. The number of fused-ring (bicyclic) bond motifs is 2. The molecule has 0 aliphatic heterocycles. The first-order valence-corrected chi connectivity index (χ1v) is 11.6. The Morgan fingerprint density at radius 1 is 0.919 bits per heavy atom. The van der Waals surface area contributed by atoms with E-state index in [1.54, 1.807) is 48.5 Å². The highest BCUT2D eigenvalue weighted by Gasteiger charge is 2.32. The van der Waals surface area contributed by atoms with Crippen molar-refractivity contribution in [2.75, 3.05) is 19.0 Å². The monoisotopic (exact) mass is 499 g/mol. The van der Waals surface area contributed by atoms with Gasteiger partial charge in [-0.3, -0.25) is 14.4 Å². The summed E-state index contributed by atoms with van der Waals surface area (Å²) in [5, 5.41) is 2.61. The lowest BCUT2D eigenvalue weighted by Crippen LogP contribution is -2.33. The molecule has 0 fully saturated rings. The fourth-order valence-corrected chi connectivity index (χ4v) is 4.00. The van der Waals surface area contributed by atoms with E-state index < -0.39 is 24.6 Å². The van der Waals surface area contributed by atoms with Crippen LogP contribution in [0.2, 0.25) is 0 Å². The van der Waals surface area contributed by atoms with E-state index in [2.05, 4.69) is 5.32 Å². The van der Waals surface area contributed by atoms with Crippen LogP contribution in [0, 0.1) is 0 Å². The summed E-state index contributed by atoms with van der Waals surface area (Å²) in [5.74, 6) is -1.29. The molecule has 3 aromatic carbocycles. The van der Waals surface area contributed by atoms with Crippen molar-refractivity contribution in [3.8, 4) is 11.5 Å². The van der Waals surface area contributed by atoms with E-state index in [0.29, 0.717) is 17.1 Å². The van der Waals surface area contributed by atoms with Gasteiger partial charge in [0.25, 0.3) is 5.91 Å². The molecule has 0 spiro atoms. The second-order valence-corrected chi connectivity index (χ2v) is 8.25. The first-order valence-electron chi connectivity index (χ1n) is 11.6. The van der Waals surface area contributed by atoms with Crippen molar-refractivity contribution in [1.82, 2.24) is 0 Å². The summed E-state index contributed by atoms with van der Waals surface area (Å²) in [6, 6.07) is 16.4. The summed E-state index contributed by atoms with van der Waals surface area (Å²) in [6.07, 6.45) is 2.59. The minimum Gasteiger partial charge on any atom is -0.493 e. The minimum atomic E-state index is -1.19. The van der Waals surface area contributed by atoms with Crippen LogP contribution in [0.4, 0.5) is 5.69 Å². The maximum Gasteiger partial charge on any atom is 0.344 e. The number of carbonyl (C=O) groups excluding carboxylic acids is 4. The molecule has 1 unspecified atom stereocenters. The van der Waals surface area contributed by atoms with E-state index >= 15 is 0 Å². The Morgan fingerprint density at radius 3 is 2.32 bits per heavy atom. The predicted octanol–water partition coefficient (Wildman–Crippen LogP) is 4.45. The lowest BCUT2D eigenvalue weighted by atomic mass is 9.83. The number of allylic oxidation sites excluding steroid dienone is 1. The van der Waals surface area contributed by atoms with Gasteiger partial charge in [-0.2, -0.15) is 0 Å². The van der Waals surface area contributed by atoms with Gasteiger partial charge in [0.05, 0.1) is 18.4 Å². The number of ether oxygens (including phenoxy) is 3. The van der Waals surface area contributed by atoms with Crippen LogP contribution in [0.15, 0.2) is 66.7 Å². The molecule has 8 heteroatoms. The molecule has 8 nitrogen and oxygen atoms in total. The van der Waals surface area contributed by atoms with Gasteiger partial charge in [-0.25, -0.2) is 4.79 Å². The Kier molecular flexibility index (Phi) is 7.48. The van der Waals surface area contributed by atoms with Crippen molar-refractivity contribution in [3.63, 3.8) is 0 Å². The predicted molar refractivity (Wildman–Crippen MR) is 137 cm³/mol. The largest absolute Gasteiger partial charge is 0.493 e. The summed E-state index contributed by atoms with van der Waals surface area (Å²) in [5.41, 5.74) is 1.97. The van der Waals surface area contributed by atoms with Gasteiger partial charge in [-0.15, -0.1) is 0 Å². The van der Waals surface area contributed by atoms with Crippen LogP contribution in [0.5, 0.6) is 11.5 Å². The zero-order valence-electron chi connectivity index (χ0n) is 20.6. The first kappa shape index (κ1) is 25.4. The fraction of sp³-hybridized carbons (Fsp3) is 0.172. The molecule has 0 saturated carbocycles. The fourth-order valence-electron chi connectivity index (χ4n) is 4.00. The van der Waals surface area contributed by atoms with Crippen molar-refractivity contribution < 1.29 is 33.4 Å². The Labute approximate surface area is 213 Å². The number of nitrogens with one attached hydrogen (secondary N) is 1. The number of ketones is 2. The highest BCUT2D eigenvalue weighted by molar-refractivity contribution is 6.30. The van der Waals surface area contributed by atoms with Crippen LogP contribution in [0.3, 0.4) is 0 Å². The van der Waals surface area contributed by atoms with E-state index in [9.17, 15) is 19.2 Å². The van der Waals surface area contributed by atoms with Gasteiger partial charge in [0, 0.05) is 16.7 Å². The number of rotatable bonds is 8. The zero-order valence-corrected chi connectivity index (χ0v) is 20.6. The van der Waals surface area contributed by atoms with E-state index in [0.717, 1.165) is 5.56 Å². The molecule has 3 aromatic rings. The van der Waals surface area contributed by atoms with Crippen molar-refractivity contribution in [1.29, 1.82) is 0 Å². The van der Waals surface area contributed by atoms with Gasteiger partial charge >= 0.3 is 5.97 Å². The van der Waals surface area contributed by atoms with E-state index in [1.165, 1.54) is 20.1 Å². The van der Waals surface area contributed by atoms with Crippen molar-refractivity contribution in [2.24, 2.45) is 0 Å². The highest BCUT2D eigenvalue weighted by atomic mass is 16.6. The van der Waals surface area contributed by atoms with Crippen LogP contribution in [0.25, 0.3) is 6.08 Å². The van der Waals surface area contributed by atoms with Crippen molar-refractivity contribution in [2.45, 2.75) is 20.0 Å². The molecule has 0 radical (unpaired) electrons. The van der Waals surface area contributed by atoms with Gasteiger partial charge in [-0.05, 0) is 37.6 Å². The molecule has 37 heavy (non-hydrogen) atoms. The van der Waals surface area contributed by atoms with Gasteiger partial charge < -0.3 is 19.5 Å². The average Bonchev–Trinajstić information content (AvgIpc) is 2.91. The molecule has 1 atom stereocenters. The zero-order chi connectivity index (χ0) is 26.5. The topological polar surface area (TPSA) is 108 Å². The second-order valence-electron chi connectivity index (χ2n) is 8.25. The quantitative estimate of drug-likeness (QED) is 0.357. The van der Waals surface area contributed by atoms with Crippen LogP contribution < -0.4 is 14.8 Å². The number of methoxy groups -OCH3 is 1. The molecule has 4 rings (SSSR count).